The molecule has 2 aliphatic heterocycles. The van der Waals surface area contributed by atoms with E-state index in [2.05, 4.69) is 45.2 Å². The van der Waals surface area contributed by atoms with Crippen LogP contribution in [0, 0.1) is 11.8 Å². The van der Waals surface area contributed by atoms with E-state index in [-0.39, 0.29) is 0 Å². The predicted octanol–water partition coefficient (Wildman–Crippen LogP) is 1.40. The summed E-state index contributed by atoms with van der Waals surface area (Å²) in [5, 5.41) is 8.06. The Kier molecular flexibility index (Phi) is 3.47. The van der Waals surface area contributed by atoms with Gasteiger partial charge in [0.1, 0.15) is 0 Å². The Hall–Kier alpha value is -0.390. The standard InChI is InChI=1S/C13H21BrN4/c1-3-11-13(14)12(17(2)16-11)8-18-6-9-4-15-5-10(9)7-18/h9-10,15H,3-8H2,1-2H3. The molecule has 0 spiro atoms. The van der Waals surface area contributed by atoms with Crippen molar-refractivity contribution >= 4 is 15.9 Å². The molecule has 0 aromatic carbocycles. The molecule has 2 unspecified atom stereocenters. The summed E-state index contributed by atoms with van der Waals surface area (Å²) in [6.07, 6.45) is 0.990. The summed E-state index contributed by atoms with van der Waals surface area (Å²) in [6, 6.07) is 0. The van der Waals surface area contributed by atoms with E-state index in [1.54, 1.807) is 0 Å². The zero-order valence-corrected chi connectivity index (χ0v) is 12.7. The van der Waals surface area contributed by atoms with E-state index >= 15 is 0 Å². The van der Waals surface area contributed by atoms with Crippen LogP contribution in [0.4, 0.5) is 0 Å². The van der Waals surface area contributed by atoms with Crippen LogP contribution in [-0.4, -0.2) is 40.9 Å². The highest BCUT2D eigenvalue weighted by Gasteiger charge is 2.36. The minimum Gasteiger partial charge on any atom is -0.316 e. The van der Waals surface area contributed by atoms with Crippen molar-refractivity contribution < 1.29 is 0 Å². The largest absolute Gasteiger partial charge is 0.316 e. The molecule has 3 rings (SSSR count). The quantitative estimate of drug-likeness (QED) is 0.916. The first-order valence-corrected chi connectivity index (χ1v) is 7.61. The molecule has 1 aromatic heterocycles. The molecule has 18 heavy (non-hydrogen) atoms. The molecule has 0 radical (unpaired) electrons. The van der Waals surface area contributed by atoms with Crippen molar-refractivity contribution in [1.29, 1.82) is 0 Å². The fourth-order valence-corrected chi connectivity index (χ4v) is 4.03. The second-order valence-electron chi connectivity index (χ2n) is 5.56. The Labute approximate surface area is 117 Å². The molecule has 0 aliphatic carbocycles. The van der Waals surface area contributed by atoms with Crippen LogP contribution in [0.5, 0.6) is 0 Å². The number of nitrogens with one attached hydrogen (secondary N) is 1. The fraction of sp³-hybridized carbons (Fsp3) is 0.769. The topological polar surface area (TPSA) is 33.1 Å². The Morgan fingerprint density at radius 1 is 1.33 bits per heavy atom. The number of rotatable bonds is 3. The maximum absolute atomic E-state index is 4.57. The zero-order chi connectivity index (χ0) is 12.7. The summed E-state index contributed by atoms with van der Waals surface area (Å²) in [6.45, 7) is 8.05. The molecular weight excluding hydrogens is 292 g/mol. The van der Waals surface area contributed by atoms with Gasteiger partial charge in [0.25, 0.3) is 0 Å². The number of hydrogen-bond donors (Lipinski definition) is 1. The second kappa shape index (κ2) is 4.94. The summed E-state index contributed by atoms with van der Waals surface area (Å²) in [4.78, 5) is 2.58. The maximum Gasteiger partial charge on any atom is 0.0767 e. The third kappa shape index (κ3) is 2.12. The molecule has 2 aliphatic rings. The van der Waals surface area contributed by atoms with Crippen molar-refractivity contribution in [1.82, 2.24) is 20.0 Å². The normalized spacial score (nSPS) is 27.9. The Bertz CT molecular complexity index is 430. The molecular formula is C13H21BrN4. The molecule has 2 atom stereocenters. The van der Waals surface area contributed by atoms with Gasteiger partial charge in [-0.2, -0.15) is 5.10 Å². The van der Waals surface area contributed by atoms with E-state index in [0.717, 1.165) is 24.8 Å². The number of likely N-dealkylation sites (tertiary alicyclic amines) is 1. The second-order valence-corrected chi connectivity index (χ2v) is 6.35. The van der Waals surface area contributed by atoms with E-state index in [9.17, 15) is 0 Å². The lowest BCUT2D eigenvalue weighted by atomic mass is 10.0. The van der Waals surface area contributed by atoms with E-state index in [1.165, 1.54) is 42.0 Å². The van der Waals surface area contributed by atoms with E-state index in [0.29, 0.717) is 0 Å². The summed E-state index contributed by atoms with van der Waals surface area (Å²) in [5.74, 6) is 1.73. The van der Waals surface area contributed by atoms with E-state index < -0.39 is 0 Å². The van der Waals surface area contributed by atoms with Crippen LogP contribution in [0.2, 0.25) is 0 Å². The van der Waals surface area contributed by atoms with Gasteiger partial charge in [0.05, 0.1) is 15.9 Å². The van der Waals surface area contributed by atoms with Crippen molar-refractivity contribution in [2.45, 2.75) is 19.9 Å². The molecule has 1 aromatic rings. The Balaban J connectivity index is 1.72. The average Bonchev–Trinajstić information content (AvgIpc) is 2.97. The predicted molar refractivity (Wildman–Crippen MR) is 75.4 cm³/mol. The van der Waals surface area contributed by atoms with Crippen LogP contribution < -0.4 is 5.32 Å². The SMILES string of the molecule is CCc1nn(C)c(CN2CC3CNCC3C2)c1Br. The molecule has 2 fully saturated rings. The maximum atomic E-state index is 4.57. The molecule has 4 nitrogen and oxygen atoms in total. The van der Waals surface area contributed by atoms with Gasteiger partial charge in [-0.05, 0) is 47.3 Å². The van der Waals surface area contributed by atoms with Crippen LogP contribution in [-0.2, 0) is 20.0 Å². The lowest BCUT2D eigenvalue weighted by Crippen LogP contribution is -2.26. The van der Waals surface area contributed by atoms with Crippen LogP contribution >= 0.6 is 15.9 Å². The molecule has 5 heteroatoms. The van der Waals surface area contributed by atoms with Gasteiger partial charge in [0.2, 0.25) is 0 Å². The highest BCUT2D eigenvalue weighted by atomic mass is 79.9. The lowest BCUT2D eigenvalue weighted by molar-refractivity contribution is 0.296. The van der Waals surface area contributed by atoms with Crippen LogP contribution in [0.15, 0.2) is 4.47 Å². The highest BCUT2D eigenvalue weighted by molar-refractivity contribution is 9.10. The van der Waals surface area contributed by atoms with Crippen LogP contribution in [0.25, 0.3) is 0 Å². The fourth-order valence-electron chi connectivity index (χ4n) is 3.29. The van der Waals surface area contributed by atoms with Gasteiger partial charge in [0, 0.05) is 26.7 Å². The molecule has 2 saturated heterocycles. The van der Waals surface area contributed by atoms with Crippen molar-refractivity contribution in [2.24, 2.45) is 18.9 Å². The molecule has 0 bridgehead atoms. The molecule has 1 N–H and O–H groups in total. The number of aromatic nitrogens is 2. The van der Waals surface area contributed by atoms with Gasteiger partial charge in [-0.15, -0.1) is 0 Å². The third-order valence-corrected chi connectivity index (χ3v) is 5.26. The summed E-state index contributed by atoms with van der Waals surface area (Å²) < 4.78 is 3.25. The van der Waals surface area contributed by atoms with Gasteiger partial charge in [-0.3, -0.25) is 9.58 Å². The smallest absolute Gasteiger partial charge is 0.0767 e. The Morgan fingerprint density at radius 3 is 2.56 bits per heavy atom. The number of fused-ring (bicyclic) bond motifs is 1. The molecule has 0 saturated carbocycles. The number of hydrogen-bond acceptors (Lipinski definition) is 3. The van der Waals surface area contributed by atoms with Crippen LogP contribution in [0.3, 0.4) is 0 Å². The summed E-state index contributed by atoms with van der Waals surface area (Å²) >= 11 is 3.71. The first-order valence-electron chi connectivity index (χ1n) is 6.82. The van der Waals surface area contributed by atoms with Crippen molar-refractivity contribution in [3.05, 3.63) is 15.9 Å². The molecule has 100 valence electrons. The van der Waals surface area contributed by atoms with Gasteiger partial charge >= 0.3 is 0 Å². The number of nitrogens with zero attached hydrogens (tertiary/aromatic N) is 3. The van der Waals surface area contributed by atoms with Gasteiger partial charge in [-0.1, -0.05) is 6.92 Å². The first-order chi connectivity index (χ1) is 8.69. The van der Waals surface area contributed by atoms with Crippen LogP contribution in [0.1, 0.15) is 18.3 Å². The van der Waals surface area contributed by atoms with Crippen molar-refractivity contribution in [3.8, 4) is 0 Å². The van der Waals surface area contributed by atoms with Gasteiger partial charge in [0.15, 0.2) is 0 Å². The van der Waals surface area contributed by atoms with Crippen molar-refractivity contribution in [3.63, 3.8) is 0 Å². The van der Waals surface area contributed by atoms with Crippen molar-refractivity contribution in [2.75, 3.05) is 26.2 Å². The monoisotopic (exact) mass is 312 g/mol. The third-order valence-electron chi connectivity index (χ3n) is 4.34. The number of aryl methyl sites for hydroxylation is 2. The minimum absolute atomic E-state index is 0.864. The van der Waals surface area contributed by atoms with Gasteiger partial charge < -0.3 is 5.32 Å². The molecule has 3 heterocycles. The lowest BCUT2D eigenvalue weighted by Gasteiger charge is -2.17. The first kappa shape index (κ1) is 12.6. The summed E-state index contributed by atoms with van der Waals surface area (Å²) in [7, 11) is 2.05. The van der Waals surface area contributed by atoms with E-state index in [4.69, 9.17) is 0 Å². The van der Waals surface area contributed by atoms with Gasteiger partial charge in [-0.25, -0.2) is 0 Å². The van der Waals surface area contributed by atoms with E-state index in [1.807, 2.05) is 4.68 Å². The Morgan fingerprint density at radius 2 is 2.00 bits per heavy atom. The average molecular weight is 313 g/mol. The zero-order valence-electron chi connectivity index (χ0n) is 11.1. The number of halogens is 1. The summed E-state index contributed by atoms with van der Waals surface area (Å²) in [5.41, 5.74) is 2.49. The highest BCUT2D eigenvalue weighted by Crippen LogP contribution is 2.29. The molecule has 0 amide bonds. The minimum atomic E-state index is 0.864.